The second kappa shape index (κ2) is 6.20. The molecule has 4 rings (SSSR count). The molecule has 0 unspecified atom stereocenters. The number of carbonyl (C=O) groups excluding carboxylic acids is 1. The van der Waals surface area contributed by atoms with Gasteiger partial charge in [0.25, 0.3) is 10.0 Å². The van der Waals surface area contributed by atoms with E-state index in [-0.39, 0.29) is 17.0 Å². The summed E-state index contributed by atoms with van der Waals surface area (Å²) in [6.45, 7) is 2.61. The first-order chi connectivity index (χ1) is 11.9. The van der Waals surface area contributed by atoms with E-state index in [2.05, 4.69) is 11.9 Å². The van der Waals surface area contributed by atoms with Crippen LogP contribution in [0, 0.1) is 23.7 Å². The number of sulfonamides is 1. The van der Waals surface area contributed by atoms with Gasteiger partial charge in [0.2, 0.25) is 0 Å². The minimum absolute atomic E-state index is 0.0339. The van der Waals surface area contributed by atoms with Gasteiger partial charge in [0, 0.05) is 38.2 Å². The molecule has 1 aromatic rings. The van der Waals surface area contributed by atoms with Crippen LogP contribution in [0.2, 0.25) is 0 Å². The van der Waals surface area contributed by atoms with E-state index in [1.54, 1.807) is 22.1 Å². The minimum Gasteiger partial charge on any atom is -0.339 e. The largest absolute Gasteiger partial charge is 0.339 e. The third-order valence-corrected chi connectivity index (χ3v) is 8.51. The second-order valence-electron chi connectivity index (χ2n) is 7.97. The number of nitrogens with zero attached hydrogens (tertiary/aromatic N) is 3. The summed E-state index contributed by atoms with van der Waals surface area (Å²) in [6.07, 6.45) is 8.44. The molecule has 25 heavy (non-hydrogen) atoms. The SMILES string of the molecule is CC[C@@H]1C(=O)C[C@H]2CCN(S(=O)(=O)c3cn(C)cn3)[C@H]3CCC[C@@H]1[C@H]23. The van der Waals surface area contributed by atoms with Crippen LogP contribution in [0.15, 0.2) is 17.6 Å². The monoisotopic (exact) mass is 365 g/mol. The van der Waals surface area contributed by atoms with Crippen LogP contribution in [-0.4, -0.2) is 40.6 Å². The number of imidazole rings is 1. The molecule has 2 saturated carbocycles. The Labute approximate surface area is 149 Å². The van der Waals surface area contributed by atoms with Gasteiger partial charge in [0.15, 0.2) is 5.03 Å². The van der Waals surface area contributed by atoms with Crippen LogP contribution >= 0.6 is 0 Å². The zero-order chi connectivity index (χ0) is 17.8. The number of aromatic nitrogens is 2. The summed E-state index contributed by atoms with van der Waals surface area (Å²) < 4.78 is 29.7. The first-order valence-corrected chi connectivity index (χ1v) is 10.9. The minimum atomic E-state index is -3.56. The van der Waals surface area contributed by atoms with Crippen molar-refractivity contribution in [3.63, 3.8) is 0 Å². The third kappa shape index (κ3) is 2.67. The number of ketones is 1. The fourth-order valence-electron chi connectivity index (χ4n) is 5.71. The van der Waals surface area contributed by atoms with E-state index < -0.39 is 10.0 Å². The van der Waals surface area contributed by atoms with Crippen molar-refractivity contribution >= 4 is 15.8 Å². The number of aryl methyl sites for hydroxylation is 1. The van der Waals surface area contributed by atoms with Gasteiger partial charge in [-0.3, -0.25) is 4.79 Å². The maximum Gasteiger partial charge on any atom is 0.262 e. The fourth-order valence-corrected chi connectivity index (χ4v) is 7.38. The fraction of sp³-hybridized carbons (Fsp3) is 0.778. The normalized spacial score (nSPS) is 36.2. The summed E-state index contributed by atoms with van der Waals surface area (Å²) in [6, 6.07) is 0.0339. The smallest absolute Gasteiger partial charge is 0.262 e. The second-order valence-corrected chi connectivity index (χ2v) is 9.80. The van der Waals surface area contributed by atoms with E-state index >= 15 is 0 Å². The van der Waals surface area contributed by atoms with E-state index in [9.17, 15) is 13.2 Å². The van der Waals surface area contributed by atoms with Gasteiger partial charge in [0.1, 0.15) is 5.78 Å². The van der Waals surface area contributed by atoms with Crippen LogP contribution < -0.4 is 0 Å². The van der Waals surface area contributed by atoms with Crippen LogP contribution in [0.4, 0.5) is 0 Å². The Morgan fingerprint density at radius 1 is 1.28 bits per heavy atom. The summed E-state index contributed by atoms with van der Waals surface area (Å²) in [5, 5.41) is 0.148. The molecule has 3 fully saturated rings. The van der Waals surface area contributed by atoms with Gasteiger partial charge in [-0.15, -0.1) is 0 Å². The van der Waals surface area contributed by atoms with Gasteiger partial charge in [-0.05, 0) is 43.4 Å². The van der Waals surface area contributed by atoms with Crippen molar-refractivity contribution in [1.82, 2.24) is 13.9 Å². The zero-order valence-electron chi connectivity index (χ0n) is 15.0. The molecule has 0 aromatic carbocycles. The van der Waals surface area contributed by atoms with E-state index in [4.69, 9.17) is 0 Å². The topological polar surface area (TPSA) is 72.3 Å². The van der Waals surface area contributed by atoms with E-state index in [0.717, 1.165) is 32.1 Å². The van der Waals surface area contributed by atoms with Crippen molar-refractivity contribution in [3.05, 3.63) is 12.5 Å². The van der Waals surface area contributed by atoms with Gasteiger partial charge >= 0.3 is 0 Å². The highest BCUT2D eigenvalue weighted by Crippen LogP contribution is 2.51. The molecular formula is C18H27N3O3S. The van der Waals surface area contributed by atoms with E-state index in [1.165, 1.54) is 6.33 Å². The lowest BCUT2D eigenvalue weighted by atomic mass is 9.56. The summed E-state index contributed by atoms with van der Waals surface area (Å²) in [4.78, 5) is 16.6. The standard InChI is InChI=1S/C18H27N3O3S/c1-3-13-14-5-4-6-15-18(14)12(9-16(13)22)7-8-21(15)25(23,24)17-10-20(2)11-19-17/h10-15,18H,3-9H2,1-2H3/t12-,13+,14+,15+,18+/m1/s1. The van der Waals surface area contributed by atoms with Crippen molar-refractivity contribution in [3.8, 4) is 0 Å². The summed E-state index contributed by atoms with van der Waals surface area (Å²) >= 11 is 0. The Bertz CT molecular complexity index is 772. The molecule has 6 nitrogen and oxygen atoms in total. The third-order valence-electron chi connectivity index (χ3n) is 6.70. The van der Waals surface area contributed by atoms with Gasteiger partial charge in [-0.1, -0.05) is 13.3 Å². The molecule has 138 valence electrons. The summed E-state index contributed by atoms with van der Waals surface area (Å²) in [5.74, 6) is 1.60. The van der Waals surface area contributed by atoms with Gasteiger partial charge in [-0.25, -0.2) is 13.4 Å². The molecule has 0 spiro atoms. The number of hydrogen-bond acceptors (Lipinski definition) is 4. The average Bonchev–Trinajstić information content (AvgIpc) is 3.02. The van der Waals surface area contributed by atoms with E-state index in [0.29, 0.717) is 36.5 Å². The molecule has 0 N–H and O–H groups in total. The van der Waals surface area contributed by atoms with E-state index in [1.807, 2.05) is 0 Å². The molecule has 0 amide bonds. The number of carbonyl (C=O) groups is 1. The predicted octanol–water partition coefficient (Wildman–Crippen LogP) is 2.21. The maximum atomic E-state index is 13.2. The Balaban J connectivity index is 1.68. The number of rotatable bonds is 3. The lowest BCUT2D eigenvalue weighted by molar-refractivity contribution is -0.136. The Hall–Kier alpha value is -1.21. The van der Waals surface area contributed by atoms with Crippen LogP contribution in [0.1, 0.15) is 45.4 Å². The molecule has 0 radical (unpaired) electrons. The van der Waals surface area contributed by atoms with Crippen molar-refractivity contribution in [2.45, 2.75) is 56.5 Å². The van der Waals surface area contributed by atoms with Gasteiger partial charge in [-0.2, -0.15) is 4.31 Å². The lowest BCUT2D eigenvalue weighted by Gasteiger charge is -2.54. The predicted molar refractivity (Wildman–Crippen MR) is 93.2 cm³/mol. The molecule has 1 saturated heterocycles. The van der Waals surface area contributed by atoms with Crippen molar-refractivity contribution < 1.29 is 13.2 Å². The molecule has 1 aromatic heterocycles. The van der Waals surface area contributed by atoms with Crippen molar-refractivity contribution in [1.29, 1.82) is 0 Å². The average molecular weight is 365 g/mol. The van der Waals surface area contributed by atoms with Crippen LogP contribution in [0.3, 0.4) is 0 Å². The van der Waals surface area contributed by atoms with Gasteiger partial charge < -0.3 is 4.57 Å². The van der Waals surface area contributed by atoms with Crippen molar-refractivity contribution in [2.24, 2.45) is 30.7 Å². The molecule has 7 heteroatoms. The van der Waals surface area contributed by atoms with Crippen molar-refractivity contribution in [2.75, 3.05) is 6.54 Å². The van der Waals surface area contributed by atoms with Crippen LogP contribution in [-0.2, 0) is 21.9 Å². The molecule has 3 aliphatic rings. The maximum absolute atomic E-state index is 13.2. The highest BCUT2D eigenvalue weighted by Gasteiger charge is 2.53. The number of piperidine rings is 1. The Kier molecular flexibility index (Phi) is 4.27. The van der Waals surface area contributed by atoms with Gasteiger partial charge in [0.05, 0.1) is 6.33 Å². The van der Waals surface area contributed by atoms with Crippen LogP contribution in [0.5, 0.6) is 0 Å². The Morgan fingerprint density at radius 2 is 2.08 bits per heavy atom. The first kappa shape index (κ1) is 17.2. The highest BCUT2D eigenvalue weighted by atomic mass is 32.2. The quantitative estimate of drug-likeness (QED) is 0.823. The lowest BCUT2D eigenvalue weighted by Crippen LogP contribution is -2.59. The summed E-state index contributed by atoms with van der Waals surface area (Å²) in [5.41, 5.74) is 0. The molecule has 2 aliphatic carbocycles. The molecule has 1 aliphatic heterocycles. The number of hydrogen-bond donors (Lipinski definition) is 0. The van der Waals surface area contributed by atoms with Crippen LogP contribution in [0.25, 0.3) is 0 Å². The zero-order valence-corrected chi connectivity index (χ0v) is 15.8. The number of Topliss-reactive ketones (excluding diaryl/α,β-unsaturated/α-hetero) is 1. The summed E-state index contributed by atoms with van der Waals surface area (Å²) in [7, 11) is -1.78. The molecule has 2 heterocycles. The molecular weight excluding hydrogens is 338 g/mol. The molecule has 0 bridgehead atoms. The first-order valence-electron chi connectivity index (χ1n) is 9.46. The molecule has 5 atom stereocenters. The highest BCUT2D eigenvalue weighted by molar-refractivity contribution is 7.89. The Morgan fingerprint density at radius 3 is 2.76 bits per heavy atom.